The first-order valence-electron chi connectivity index (χ1n) is 7.74. The lowest BCUT2D eigenvalue weighted by Gasteiger charge is -2.07. The maximum absolute atomic E-state index is 12.5. The Kier molecular flexibility index (Phi) is 5.02. The molecule has 0 aliphatic rings. The maximum atomic E-state index is 12.5. The lowest BCUT2D eigenvalue weighted by atomic mass is 10.2. The average Bonchev–Trinajstić information content (AvgIpc) is 2.93. The third kappa shape index (κ3) is 3.09. The molecule has 124 valence electrons. The molecule has 3 aromatic rings. The summed E-state index contributed by atoms with van der Waals surface area (Å²) in [6, 6.07) is 12.8. The molecule has 0 aliphatic heterocycles. The van der Waals surface area contributed by atoms with Gasteiger partial charge in [-0.05, 0) is 38.1 Å². The molecule has 0 atom stereocenters. The quantitative estimate of drug-likeness (QED) is 0.686. The van der Waals surface area contributed by atoms with Crippen LogP contribution >= 0.6 is 22.9 Å². The first kappa shape index (κ1) is 16.7. The van der Waals surface area contributed by atoms with Gasteiger partial charge in [-0.15, -0.1) is 0 Å². The lowest BCUT2D eigenvalue weighted by molar-refractivity contribution is 0.0998. The molecule has 3 rings (SSSR count). The van der Waals surface area contributed by atoms with Crippen LogP contribution in [0, 0.1) is 0 Å². The molecular weight excluding hydrogens is 344 g/mol. The Hall–Kier alpha value is -2.11. The van der Waals surface area contributed by atoms with E-state index in [4.69, 9.17) is 16.3 Å². The molecule has 4 nitrogen and oxygen atoms in total. The first-order chi connectivity index (χ1) is 11.7. The third-order valence-electron chi connectivity index (χ3n) is 3.58. The van der Waals surface area contributed by atoms with Crippen molar-refractivity contribution in [3.05, 3.63) is 57.9 Å². The van der Waals surface area contributed by atoms with Gasteiger partial charge in [0.05, 0.1) is 21.9 Å². The molecule has 0 N–H and O–H groups in total. The van der Waals surface area contributed by atoms with E-state index in [9.17, 15) is 4.79 Å². The van der Waals surface area contributed by atoms with Crippen molar-refractivity contribution in [2.45, 2.75) is 20.4 Å². The van der Waals surface area contributed by atoms with Gasteiger partial charge >= 0.3 is 0 Å². The summed E-state index contributed by atoms with van der Waals surface area (Å²) in [7, 11) is 0. The van der Waals surface area contributed by atoms with Gasteiger partial charge in [0, 0.05) is 6.54 Å². The zero-order valence-corrected chi connectivity index (χ0v) is 15.0. The number of aromatic nitrogens is 1. The number of benzene rings is 2. The fraction of sp³-hybridized carbons (Fsp3) is 0.222. The third-order valence-corrected chi connectivity index (χ3v) is 4.95. The molecule has 0 aliphatic carbocycles. The van der Waals surface area contributed by atoms with Crippen molar-refractivity contribution < 1.29 is 9.53 Å². The summed E-state index contributed by atoms with van der Waals surface area (Å²) in [6.07, 6.45) is 0. The van der Waals surface area contributed by atoms with E-state index in [0.717, 1.165) is 16.0 Å². The van der Waals surface area contributed by atoms with Crippen molar-refractivity contribution in [2.24, 2.45) is 4.99 Å². The number of fused-ring (bicyclic) bond motifs is 1. The van der Waals surface area contributed by atoms with Crippen molar-refractivity contribution in [3.8, 4) is 5.75 Å². The normalized spacial score (nSPS) is 11.9. The van der Waals surface area contributed by atoms with E-state index in [1.165, 1.54) is 11.3 Å². The standard InChI is InChI=1S/C18H17ClN2O2S/c1-3-21-16-14(23-4-2)10-7-11-15(16)24-18(21)20-17(22)12-8-5-6-9-13(12)19/h5-11H,3-4H2,1-2H3. The molecule has 0 saturated heterocycles. The number of halogens is 1. The molecule has 0 saturated carbocycles. The van der Waals surface area contributed by atoms with Gasteiger partial charge in [-0.1, -0.05) is 41.1 Å². The van der Waals surface area contributed by atoms with E-state index >= 15 is 0 Å². The molecule has 24 heavy (non-hydrogen) atoms. The topological polar surface area (TPSA) is 43.6 Å². The summed E-state index contributed by atoms with van der Waals surface area (Å²) in [5, 5.41) is 0.408. The van der Waals surface area contributed by atoms with E-state index in [1.54, 1.807) is 24.3 Å². The number of amides is 1. The fourth-order valence-electron chi connectivity index (χ4n) is 2.53. The highest BCUT2D eigenvalue weighted by Gasteiger charge is 2.13. The minimum Gasteiger partial charge on any atom is -0.492 e. The van der Waals surface area contributed by atoms with Crippen LogP contribution in [-0.4, -0.2) is 17.1 Å². The van der Waals surface area contributed by atoms with Crippen molar-refractivity contribution in [1.82, 2.24) is 4.57 Å². The number of hydrogen-bond acceptors (Lipinski definition) is 3. The van der Waals surface area contributed by atoms with Crippen molar-refractivity contribution in [1.29, 1.82) is 0 Å². The molecule has 1 aromatic heterocycles. The van der Waals surface area contributed by atoms with Crippen LogP contribution in [0.5, 0.6) is 5.75 Å². The molecular formula is C18H17ClN2O2S. The lowest BCUT2D eigenvalue weighted by Crippen LogP contribution is -2.16. The molecule has 1 amide bonds. The minimum atomic E-state index is -0.340. The van der Waals surface area contributed by atoms with E-state index in [0.29, 0.717) is 28.5 Å². The van der Waals surface area contributed by atoms with E-state index < -0.39 is 0 Å². The Bertz CT molecular complexity index is 959. The summed E-state index contributed by atoms with van der Waals surface area (Å²) in [5.74, 6) is 0.465. The molecule has 0 bridgehead atoms. The molecule has 0 unspecified atom stereocenters. The smallest absolute Gasteiger partial charge is 0.281 e. The van der Waals surface area contributed by atoms with E-state index in [1.807, 2.05) is 36.6 Å². The SMILES string of the molecule is CCOc1cccc2sc(=NC(=O)c3ccccc3Cl)n(CC)c12. The molecule has 0 radical (unpaired) electrons. The zero-order valence-electron chi connectivity index (χ0n) is 13.5. The zero-order chi connectivity index (χ0) is 17.1. The molecule has 6 heteroatoms. The van der Waals surface area contributed by atoms with Crippen LogP contribution in [0.2, 0.25) is 5.02 Å². The van der Waals surface area contributed by atoms with Crippen molar-refractivity contribution >= 4 is 39.1 Å². The Morgan fingerprint density at radius 3 is 2.71 bits per heavy atom. The minimum absolute atomic E-state index is 0.340. The van der Waals surface area contributed by atoms with Gasteiger partial charge in [-0.2, -0.15) is 4.99 Å². The Morgan fingerprint density at radius 2 is 2.00 bits per heavy atom. The Balaban J connectivity index is 2.18. The van der Waals surface area contributed by atoms with Crippen LogP contribution in [0.15, 0.2) is 47.5 Å². The van der Waals surface area contributed by atoms with E-state index in [2.05, 4.69) is 4.99 Å². The summed E-state index contributed by atoms with van der Waals surface area (Å²) in [5.41, 5.74) is 1.38. The first-order valence-corrected chi connectivity index (χ1v) is 8.93. The molecule has 1 heterocycles. The second-order valence-corrected chi connectivity index (χ2v) is 6.48. The van der Waals surface area contributed by atoms with Gasteiger partial charge in [0.25, 0.3) is 5.91 Å². The predicted octanol–water partition coefficient (Wildman–Crippen LogP) is 4.52. The van der Waals surface area contributed by atoms with Crippen LogP contribution in [0.4, 0.5) is 0 Å². The second-order valence-electron chi connectivity index (χ2n) is 5.06. The number of ether oxygens (including phenoxy) is 1. The fourth-order valence-corrected chi connectivity index (χ4v) is 3.86. The number of nitrogens with zero attached hydrogens (tertiary/aromatic N) is 2. The van der Waals surface area contributed by atoms with Gasteiger partial charge in [0.1, 0.15) is 11.3 Å². The number of hydrogen-bond donors (Lipinski definition) is 0. The molecule has 0 fully saturated rings. The van der Waals surface area contributed by atoms with Crippen molar-refractivity contribution in [3.63, 3.8) is 0 Å². The highest BCUT2D eigenvalue weighted by molar-refractivity contribution is 7.16. The average molecular weight is 361 g/mol. The summed E-state index contributed by atoms with van der Waals surface area (Å²) < 4.78 is 8.76. The van der Waals surface area contributed by atoms with Crippen LogP contribution in [-0.2, 0) is 6.54 Å². The summed E-state index contributed by atoms with van der Waals surface area (Å²) >= 11 is 7.57. The van der Waals surface area contributed by atoms with Crippen LogP contribution in [0.1, 0.15) is 24.2 Å². The number of para-hydroxylation sites is 1. The van der Waals surface area contributed by atoms with Crippen LogP contribution < -0.4 is 9.54 Å². The van der Waals surface area contributed by atoms with Crippen LogP contribution in [0.25, 0.3) is 10.2 Å². The predicted molar refractivity (Wildman–Crippen MR) is 98.0 cm³/mol. The van der Waals surface area contributed by atoms with Gasteiger partial charge in [-0.3, -0.25) is 4.79 Å². The molecule has 0 spiro atoms. The number of rotatable bonds is 4. The maximum Gasteiger partial charge on any atom is 0.281 e. The van der Waals surface area contributed by atoms with Gasteiger partial charge in [0.2, 0.25) is 0 Å². The largest absolute Gasteiger partial charge is 0.492 e. The summed E-state index contributed by atoms with van der Waals surface area (Å²) in [4.78, 5) is 17.4. The van der Waals surface area contributed by atoms with Gasteiger partial charge in [-0.25, -0.2) is 0 Å². The van der Waals surface area contributed by atoms with E-state index in [-0.39, 0.29) is 5.91 Å². The van der Waals surface area contributed by atoms with Gasteiger partial charge in [0.15, 0.2) is 4.80 Å². The highest BCUT2D eigenvalue weighted by Crippen LogP contribution is 2.27. The second kappa shape index (κ2) is 7.20. The monoisotopic (exact) mass is 360 g/mol. The number of carbonyl (C=O) groups is 1. The number of carbonyl (C=O) groups excluding carboxylic acids is 1. The number of aryl methyl sites for hydroxylation is 1. The number of thiazole rings is 1. The highest BCUT2D eigenvalue weighted by atomic mass is 35.5. The summed E-state index contributed by atoms with van der Waals surface area (Å²) in [6.45, 7) is 5.25. The van der Waals surface area contributed by atoms with Gasteiger partial charge < -0.3 is 9.30 Å². The van der Waals surface area contributed by atoms with Crippen molar-refractivity contribution in [2.75, 3.05) is 6.61 Å². The Labute approximate surface area is 149 Å². The van der Waals surface area contributed by atoms with Crippen LogP contribution in [0.3, 0.4) is 0 Å². The Morgan fingerprint density at radius 1 is 1.21 bits per heavy atom. The molecule has 2 aromatic carbocycles.